The molecule has 92 valence electrons. The van der Waals surface area contributed by atoms with Gasteiger partial charge in [0.25, 0.3) is 0 Å². The number of furan rings is 1. The van der Waals surface area contributed by atoms with Gasteiger partial charge in [-0.25, -0.2) is 4.98 Å². The Hall–Kier alpha value is -2.87. The lowest BCUT2D eigenvalue weighted by Crippen LogP contribution is -2.10. The fourth-order valence-electron chi connectivity index (χ4n) is 1.90. The van der Waals surface area contributed by atoms with Crippen LogP contribution in [0.1, 0.15) is 16.4 Å². The molecule has 0 aliphatic carbocycles. The van der Waals surface area contributed by atoms with Gasteiger partial charge in [-0.2, -0.15) is 5.26 Å². The number of benzene rings is 1. The number of nitrogens with zero attached hydrogens (tertiary/aromatic N) is 3. The Bertz CT molecular complexity index is 759. The Morgan fingerprint density at radius 2 is 2.26 bits per heavy atom. The summed E-state index contributed by atoms with van der Waals surface area (Å²) in [6.45, 7) is 0.0444. The van der Waals surface area contributed by atoms with Gasteiger partial charge in [-0.1, -0.05) is 18.2 Å². The standard InChI is InChI=1S/C14H9N3O2/c15-8-14-16-5-6-17(14)9-11(18)13-7-10-3-1-2-4-12(10)19-13/h1-7H,9H2. The van der Waals surface area contributed by atoms with Gasteiger partial charge in [0, 0.05) is 17.8 Å². The molecule has 5 heteroatoms. The number of ketones is 1. The van der Waals surface area contributed by atoms with Crippen LogP contribution >= 0.6 is 0 Å². The summed E-state index contributed by atoms with van der Waals surface area (Å²) in [5.41, 5.74) is 0.678. The molecule has 2 heterocycles. The highest BCUT2D eigenvalue weighted by Gasteiger charge is 2.14. The van der Waals surface area contributed by atoms with Crippen LogP contribution in [0, 0.1) is 11.3 Å². The Labute approximate surface area is 108 Å². The molecule has 1 aromatic carbocycles. The second-order valence-electron chi connectivity index (χ2n) is 4.06. The minimum absolute atomic E-state index is 0.0444. The highest BCUT2D eigenvalue weighted by Crippen LogP contribution is 2.19. The summed E-state index contributed by atoms with van der Waals surface area (Å²) < 4.78 is 6.98. The average Bonchev–Trinajstić information content (AvgIpc) is 3.03. The number of carbonyl (C=O) groups excluding carboxylic acids is 1. The molecule has 0 amide bonds. The van der Waals surface area contributed by atoms with Crippen molar-refractivity contribution in [3.05, 3.63) is 54.3 Å². The summed E-state index contributed by atoms with van der Waals surface area (Å²) in [4.78, 5) is 15.9. The van der Waals surface area contributed by atoms with Crippen LogP contribution in [-0.4, -0.2) is 15.3 Å². The van der Waals surface area contributed by atoms with E-state index >= 15 is 0 Å². The lowest BCUT2D eigenvalue weighted by Gasteiger charge is -1.99. The van der Waals surface area contributed by atoms with Crippen LogP contribution in [0.3, 0.4) is 0 Å². The van der Waals surface area contributed by atoms with E-state index in [0.717, 1.165) is 5.39 Å². The molecular weight excluding hydrogens is 242 g/mol. The zero-order chi connectivity index (χ0) is 13.2. The fourth-order valence-corrected chi connectivity index (χ4v) is 1.90. The van der Waals surface area contributed by atoms with Crippen molar-refractivity contribution in [2.45, 2.75) is 6.54 Å². The number of carbonyl (C=O) groups is 1. The SMILES string of the molecule is N#Cc1nccn1CC(=O)c1cc2ccccc2o1. The Kier molecular flexibility index (Phi) is 2.62. The number of aromatic nitrogens is 2. The summed E-state index contributed by atoms with van der Waals surface area (Å²) in [7, 11) is 0. The van der Waals surface area contributed by atoms with Crippen molar-refractivity contribution in [2.24, 2.45) is 0 Å². The van der Waals surface area contributed by atoms with Gasteiger partial charge in [-0.15, -0.1) is 0 Å². The molecule has 0 fully saturated rings. The molecule has 0 saturated heterocycles. The summed E-state index contributed by atoms with van der Waals surface area (Å²) in [6.07, 6.45) is 3.09. The number of hydrogen-bond acceptors (Lipinski definition) is 4. The van der Waals surface area contributed by atoms with Gasteiger partial charge in [-0.3, -0.25) is 4.79 Å². The molecule has 5 nitrogen and oxygen atoms in total. The largest absolute Gasteiger partial charge is 0.453 e. The van der Waals surface area contributed by atoms with Gasteiger partial charge >= 0.3 is 0 Å². The van der Waals surface area contributed by atoms with Crippen molar-refractivity contribution in [3.63, 3.8) is 0 Å². The molecule has 0 N–H and O–H groups in total. The lowest BCUT2D eigenvalue weighted by molar-refractivity contribution is 0.0947. The van der Waals surface area contributed by atoms with Crippen molar-refractivity contribution >= 4 is 16.8 Å². The van der Waals surface area contributed by atoms with Gasteiger partial charge in [0.15, 0.2) is 5.76 Å². The highest BCUT2D eigenvalue weighted by atomic mass is 16.3. The van der Waals surface area contributed by atoms with E-state index < -0.39 is 0 Å². The molecule has 0 atom stereocenters. The van der Waals surface area contributed by atoms with Gasteiger partial charge in [-0.05, 0) is 12.1 Å². The van der Waals surface area contributed by atoms with Crippen molar-refractivity contribution < 1.29 is 9.21 Å². The van der Waals surface area contributed by atoms with Gasteiger partial charge < -0.3 is 8.98 Å². The zero-order valence-corrected chi connectivity index (χ0v) is 9.91. The van der Waals surface area contributed by atoms with E-state index in [1.165, 1.54) is 10.8 Å². The number of fused-ring (bicyclic) bond motifs is 1. The first kappa shape index (κ1) is 11.2. The molecule has 0 aliphatic heterocycles. The minimum Gasteiger partial charge on any atom is -0.453 e. The third-order valence-electron chi connectivity index (χ3n) is 2.83. The van der Waals surface area contributed by atoms with E-state index in [1.807, 2.05) is 30.3 Å². The first-order valence-electron chi connectivity index (χ1n) is 5.71. The van der Waals surface area contributed by atoms with Crippen molar-refractivity contribution in [1.29, 1.82) is 5.26 Å². The van der Waals surface area contributed by atoms with E-state index in [-0.39, 0.29) is 18.2 Å². The van der Waals surface area contributed by atoms with Crippen molar-refractivity contribution in [1.82, 2.24) is 9.55 Å². The first-order valence-corrected chi connectivity index (χ1v) is 5.71. The molecule has 0 bridgehead atoms. The maximum absolute atomic E-state index is 12.1. The molecule has 0 radical (unpaired) electrons. The van der Waals surface area contributed by atoms with E-state index in [9.17, 15) is 4.79 Å². The Morgan fingerprint density at radius 3 is 3.05 bits per heavy atom. The van der Waals surface area contributed by atoms with E-state index in [2.05, 4.69) is 4.98 Å². The molecule has 3 rings (SSSR count). The average molecular weight is 251 g/mol. The molecule has 19 heavy (non-hydrogen) atoms. The van der Waals surface area contributed by atoms with Crippen molar-refractivity contribution in [2.75, 3.05) is 0 Å². The van der Waals surface area contributed by atoms with Crippen LogP contribution in [0.25, 0.3) is 11.0 Å². The van der Waals surface area contributed by atoms with Crippen LogP contribution in [-0.2, 0) is 6.54 Å². The summed E-state index contributed by atoms with van der Waals surface area (Å²) in [5.74, 6) is 0.314. The summed E-state index contributed by atoms with van der Waals surface area (Å²) in [5, 5.41) is 9.72. The second-order valence-corrected chi connectivity index (χ2v) is 4.06. The molecule has 0 spiro atoms. The number of nitriles is 1. The molecule has 2 aromatic heterocycles. The molecule has 0 aliphatic rings. The summed E-state index contributed by atoms with van der Waals surface area (Å²) >= 11 is 0. The molecule has 0 saturated carbocycles. The van der Waals surface area contributed by atoms with Crippen LogP contribution in [0.4, 0.5) is 0 Å². The number of imidazole rings is 1. The molecular formula is C14H9N3O2. The second kappa shape index (κ2) is 4.42. The van der Waals surface area contributed by atoms with Crippen LogP contribution in [0.2, 0.25) is 0 Å². The number of Topliss-reactive ketones (excluding diaryl/α,β-unsaturated/α-hetero) is 1. The Balaban J connectivity index is 1.90. The third-order valence-corrected chi connectivity index (χ3v) is 2.83. The smallest absolute Gasteiger partial charge is 0.217 e. The van der Waals surface area contributed by atoms with Gasteiger partial charge in [0.05, 0.1) is 6.54 Å². The van der Waals surface area contributed by atoms with Crippen LogP contribution in [0.5, 0.6) is 0 Å². The lowest BCUT2D eigenvalue weighted by atomic mass is 10.2. The van der Waals surface area contributed by atoms with Gasteiger partial charge in [0.1, 0.15) is 11.7 Å². The topological polar surface area (TPSA) is 71.8 Å². The van der Waals surface area contributed by atoms with E-state index in [0.29, 0.717) is 11.3 Å². The molecule has 0 unspecified atom stereocenters. The number of para-hydroxylation sites is 1. The van der Waals surface area contributed by atoms with E-state index in [4.69, 9.17) is 9.68 Å². The maximum Gasteiger partial charge on any atom is 0.217 e. The predicted molar refractivity (Wildman–Crippen MR) is 67.5 cm³/mol. The normalized spacial score (nSPS) is 10.5. The molecule has 3 aromatic rings. The summed E-state index contributed by atoms with van der Waals surface area (Å²) in [6, 6.07) is 11.1. The fraction of sp³-hybridized carbons (Fsp3) is 0.0714. The van der Waals surface area contributed by atoms with Gasteiger partial charge in [0.2, 0.25) is 11.6 Å². The van der Waals surface area contributed by atoms with Crippen molar-refractivity contribution in [3.8, 4) is 6.07 Å². The van der Waals surface area contributed by atoms with Crippen LogP contribution < -0.4 is 0 Å². The monoisotopic (exact) mass is 251 g/mol. The zero-order valence-electron chi connectivity index (χ0n) is 9.91. The maximum atomic E-state index is 12.1. The minimum atomic E-state index is -0.189. The predicted octanol–water partition coefficient (Wildman–Crippen LogP) is 2.38. The van der Waals surface area contributed by atoms with E-state index in [1.54, 1.807) is 12.3 Å². The van der Waals surface area contributed by atoms with Crippen LogP contribution in [0.15, 0.2) is 47.1 Å². The third kappa shape index (κ3) is 2.00. The highest BCUT2D eigenvalue weighted by molar-refractivity contribution is 5.97. The Morgan fingerprint density at radius 1 is 1.42 bits per heavy atom. The number of rotatable bonds is 3. The first-order chi connectivity index (χ1) is 9.28. The number of hydrogen-bond donors (Lipinski definition) is 0. The quantitative estimate of drug-likeness (QED) is 0.670.